The number of ether oxygens (including phenoxy) is 1. The number of aliphatic hydroxyl groups excluding tert-OH is 1. The summed E-state index contributed by atoms with van der Waals surface area (Å²) in [5.41, 5.74) is 1.30. The van der Waals surface area contributed by atoms with Crippen LogP contribution in [0.15, 0.2) is 48.5 Å². The van der Waals surface area contributed by atoms with Crippen LogP contribution in [0.1, 0.15) is 36.5 Å². The van der Waals surface area contributed by atoms with Crippen LogP contribution in [0.4, 0.5) is 4.39 Å². The topological polar surface area (TPSA) is 29.5 Å². The highest BCUT2D eigenvalue weighted by Crippen LogP contribution is 2.53. The molecule has 1 unspecified atom stereocenters. The van der Waals surface area contributed by atoms with Gasteiger partial charge in [-0.15, -0.1) is 0 Å². The third kappa shape index (κ3) is 2.32. The zero-order chi connectivity index (χ0) is 14.9. The summed E-state index contributed by atoms with van der Waals surface area (Å²) >= 11 is 0. The van der Waals surface area contributed by atoms with Crippen molar-refractivity contribution >= 4 is 0 Å². The predicted molar refractivity (Wildman–Crippen MR) is 79.9 cm³/mol. The maximum atomic E-state index is 13.6. The summed E-state index contributed by atoms with van der Waals surface area (Å²) < 4.78 is 18.9. The average molecular weight is 286 g/mol. The Morgan fingerprint density at radius 1 is 1.14 bits per heavy atom. The molecule has 1 atom stereocenters. The number of rotatable bonds is 4. The molecule has 1 saturated carbocycles. The van der Waals surface area contributed by atoms with Gasteiger partial charge in [0.25, 0.3) is 0 Å². The van der Waals surface area contributed by atoms with Crippen molar-refractivity contribution in [3.05, 3.63) is 65.5 Å². The van der Waals surface area contributed by atoms with Crippen LogP contribution in [-0.4, -0.2) is 12.2 Å². The van der Waals surface area contributed by atoms with Crippen LogP contribution in [0, 0.1) is 5.82 Å². The molecule has 0 radical (unpaired) electrons. The Bertz CT molecular complexity index is 620. The fourth-order valence-corrected chi connectivity index (χ4v) is 3.26. The highest BCUT2D eigenvalue weighted by atomic mass is 19.1. The Morgan fingerprint density at radius 2 is 1.86 bits per heavy atom. The molecule has 3 rings (SSSR count). The van der Waals surface area contributed by atoms with Gasteiger partial charge in [0, 0.05) is 11.0 Å². The number of aliphatic hydroxyl groups is 1. The molecule has 1 aliphatic rings. The summed E-state index contributed by atoms with van der Waals surface area (Å²) in [5, 5.41) is 10.9. The van der Waals surface area contributed by atoms with E-state index in [0.29, 0.717) is 11.3 Å². The van der Waals surface area contributed by atoms with Gasteiger partial charge >= 0.3 is 0 Å². The maximum Gasteiger partial charge on any atom is 0.124 e. The molecule has 2 nitrogen and oxygen atoms in total. The molecule has 2 aromatic carbocycles. The minimum absolute atomic E-state index is 0.331. The lowest BCUT2D eigenvalue weighted by atomic mass is 9.60. The van der Waals surface area contributed by atoms with Crippen LogP contribution in [0.25, 0.3) is 0 Å². The molecule has 0 heterocycles. The van der Waals surface area contributed by atoms with Crippen LogP contribution >= 0.6 is 0 Å². The fourth-order valence-electron chi connectivity index (χ4n) is 3.26. The second-order valence-electron chi connectivity index (χ2n) is 5.66. The van der Waals surface area contributed by atoms with Gasteiger partial charge in [-0.2, -0.15) is 0 Å². The van der Waals surface area contributed by atoms with Crippen LogP contribution in [0.5, 0.6) is 5.75 Å². The van der Waals surface area contributed by atoms with Crippen LogP contribution in [0.3, 0.4) is 0 Å². The van der Waals surface area contributed by atoms with E-state index in [1.807, 2.05) is 30.3 Å². The van der Waals surface area contributed by atoms with E-state index in [0.717, 1.165) is 24.8 Å². The molecule has 0 aromatic heterocycles. The Balaban J connectivity index is 2.04. The zero-order valence-corrected chi connectivity index (χ0v) is 12.1. The molecule has 3 heteroatoms. The second-order valence-corrected chi connectivity index (χ2v) is 5.66. The average Bonchev–Trinajstić information content (AvgIpc) is 2.47. The van der Waals surface area contributed by atoms with Crippen LogP contribution in [-0.2, 0) is 5.41 Å². The van der Waals surface area contributed by atoms with Gasteiger partial charge in [0.15, 0.2) is 0 Å². The molecule has 2 aromatic rings. The van der Waals surface area contributed by atoms with E-state index < -0.39 is 6.10 Å². The first-order chi connectivity index (χ1) is 10.2. The van der Waals surface area contributed by atoms with E-state index >= 15 is 0 Å². The highest BCUT2D eigenvalue weighted by molar-refractivity contribution is 5.41. The summed E-state index contributed by atoms with van der Waals surface area (Å²) in [6.45, 7) is 0. The van der Waals surface area contributed by atoms with E-state index in [1.165, 1.54) is 12.1 Å². The minimum atomic E-state index is -0.765. The smallest absolute Gasteiger partial charge is 0.124 e. The third-order valence-corrected chi connectivity index (χ3v) is 4.60. The first-order valence-corrected chi connectivity index (χ1v) is 7.24. The summed E-state index contributed by atoms with van der Waals surface area (Å²) in [6.07, 6.45) is 2.11. The lowest BCUT2D eigenvalue weighted by Gasteiger charge is -2.46. The molecule has 0 saturated heterocycles. The standard InChI is InChI=1S/C18H19FO2/c1-21-16-9-8-14(19)12-15(16)17(20)18(10-5-11-18)13-6-3-2-4-7-13/h2-4,6-9,12,17,20H,5,10-11H2,1H3. The number of halogens is 1. The van der Waals surface area contributed by atoms with Gasteiger partial charge in [-0.3, -0.25) is 0 Å². The SMILES string of the molecule is COc1ccc(F)cc1C(O)C1(c2ccccc2)CCC1. The fraction of sp³-hybridized carbons (Fsp3) is 0.333. The van der Waals surface area contributed by atoms with E-state index in [1.54, 1.807) is 13.2 Å². The van der Waals surface area contributed by atoms with Gasteiger partial charge in [-0.25, -0.2) is 4.39 Å². The zero-order valence-electron chi connectivity index (χ0n) is 12.1. The number of hydrogen-bond acceptors (Lipinski definition) is 2. The van der Waals surface area contributed by atoms with Gasteiger partial charge in [0.05, 0.1) is 13.2 Å². The van der Waals surface area contributed by atoms with Crippen molar-refractivity contribution in [1.29, 1.82) is 0 Å². The Labute approximate surface area is 124 Å². The molecular formula is C18H19FO2. The lowest BCUT2D eigenvalue weighted by molar-refractivity contribution is 0.0250. The highest BCUT2D eigenvalue weighted by Gasteiger charge is 2.46. The van der Waals surface area contributed by atoms with Crippen molar-refractivity contribution in [3.8, 4) is 5.75 Å². The molecule has 1 N–H and O–H groups in total. The normalized spacial score (nSPS) is 17.9. The quantitative estimate of drug-likeness (QED) is 0.921. The Hall–Kier alpha value is -1.87. The van der Waals surface area contributed by atoms with E-state index in [2.05, 4.69) is 0 Å². The molecule has 21 heavy (non-hydrogen) atoms. The molecule has 0 amide bonds. The summed E-state index contributed by atoms with van der Waals surface area (Å²) in [6, 6.07) is 14.3. The summed E-state index contributed by atoms with van der Waals surface area (Å²) in [4.78, 5) is 0. The van der Waals surface area contributed by atoms with Crippen molar-refractivity contribution < 1.29 is 14.2 Å². The van der Waals surface area contributed by atoms with Gasteiger partial charge in [0.2, 0.25) is 0 Å². The van der Waals surface area contributed by atoms with Crippen molar-refractivity contribution in [3.63, 3.8) is 0 Å². The molecule has 1 aliphatic carbocycles. The van der Waals surface area contributed by atoms with Crippen LogP contribution in [0.2, 0.25) is 0 Å². The van der Waals surface area contributed by atoms with Crippen molar-refractivity contribution in [2.45, 2.75) is 30.8 Å². The van der Waals surface area contributed by atoms with E-state index in [-0.39, 0.29) is 11.2 Å². The summed E-state index contributed by atoms with van der Waals surface area (Å²) in [5.74, 6) is 0.179. The van der Waals surface area contributed by atoms with Gasteiger partial charge < -0.3 is 9.84 Å². The van der Waals surface area contributed by atoms with Crippen LogP contribution < -0.4 is 4.74 Å². The third-order valence-electron chi connectivity index (χ3n) is 4.60. The number of benzene rings is 2. The molecule has 0 aliphatic heterocycles. The molecular weight excluding hydrogens is 267 g/mol. The molecule has 110 valence electrons. The number of methoxy groups -OCH3 is 1. The molecule has 0 spiro atoms. The van der Waals surface area contributed by atoms with Crippen molar-refractivity contribution in [1.82, 2.24) is 0 Å². The molecule has 0 bridgehead atoms. The Morgan fingerprint density at radius 3 is 2.43 bits per heavy atom. The van der Waals surface area contributed by atoms with E-state index in [4.69, 9.17) is 4.74 Å². The second kappa shape index (κ2) is 5.49. The first kappa shape index (κ1) is 14.1. The predicted octanol–water partition coefficient (Wildman–Crippen LogP) is 3.99. The van der Waals surface area contributed by atoms with Gasteiger partial charge in [0.1, 0.15) is 11.6 Å². The monoisotopic (exact) mass is 286 g/mol. The first-order valence-electron chi connectivity index (χ1n) is 7.24. The van der Waals surface area contributed by atoms with Gasteiger partial charge in [-0.1, -0.05) is 36.8 Å². The number of hydrogen-bond donors (Lipinski definition) is 1. The maximum absolute atomic E-state index is 13.6. The largest absolute Gasteiger partial charge is 0.496 e. The minimum Gasteiger partial charge on any atom is -0.496 e. The van der Waals surface area contributed by atoms with E-state index in [9.17, 15) is 9.50 Å². The summed E-state index contributed by atoms with van der Waals surface area (Å²) in [7, 11) is 1.54. The molecule has 1 fully saturated rings. The van der Waals surface area contributed by atoms with Crippen molar-refractivity contribution in [2.24, 2.45) is 0 Å². The Kier molecular flexibility index (Phi) is 3.68. The lowest BCUT2D eigenvalue weighted by Crippen LogP contribution is -2.40. The van der Waals surface area contributed by atoms with Crippen molar-refractivity contribution in [2.75, 3.05) is 7.11 Å². The van der Waals surface area contributed by atoms with Gasteiger partial charge in [-0.05, 0) is 36.6 Å².